The summed E-state index contributed by atoms with van der Waals surface area (Å²) in [6.45, 7) is 2.79. The number of anilines is 2. The summed E-state index contributed by atoms with van der Waals surface area (Å²) in [4.78, 5) is 29.6. The number of aromatic amines is 1. The van der Waals surface area contributed by atoms with Gasteiger partial charge < -0.3 is 10.6 Å². The number of halogens is 1. The molecule has 1 atom stereocenters. The lowest BCUT2D eigenvalue weighted by atomic mass is 9.96. The van der Waals surface area contributed by atoms with Crippen LogP contribution in [0.3, 0.4) is 0 Å². The van der Waals surface area contributed by atoms with Crippen LogP contribution >= 0.6 is 11.6 Å². The first-order chi connectivity index (χ1) is 19.0. The highest BCUT2D eigenvalue weighted by Crippen LogP contribution is 2.44. The minimum absolute atomic E-state index is 0.237. The Morgan fingerprint density at radius 2 is 1.92 bits per heavy atom. The third-order valence-electron chi connectivity index (χ3n) is 7.43. The lowest BCUT2D eigenvalue weighted by Crippen LogP contribution is -2.45. The summed E-state index contributed by atoms with van der Waals surface area (Å²) in [5, 5.41) is 13.7. The molecule has 1 aliphatic rings. The van der Waals surface area contributed by atoms with Crippen molar-refractivity contribution in [3.05, 3.63) is 88.5 Å². The molecule has 0 spiro atoms. The first-order valence-electron chi connectivity index (χ1n) is 12.5. The third-order valence-corrected chi connectivity index (χ3v) is 7.73. The maximum Gasteiger partial charge on any atom is 0.284 e. The van der Waals surface area contributed by atoms with Gasteiger partial charge in [-0.05, 0) is 50.1 Å². The Morgan fingerprint density at radius 3 is 2.72 bits per heavy atom. The number of nitrogen functional groups attached to an aromatic ring is 1. The molecule has 1 saturated heterocycles. The van der Waals surface area contributed by atoms with E-state index in [0.717, 1.165) is 23.8 Å². The number of hydrogen-bond acceptors (Lipinski definition) is 8. The van der Waals surface area contributed by atoms with Gasteiger partial charge in [-0.2, -0.15) is 10.2 Å². The van der Waals surface area contributed by atoms with E-state index in [2.05, 4.69) is 32.0 Å². The summed E-state index contributed by atoms with van der Waals surface area (Å²) in [7, 11) is 0. The number of nitrogens with zero attached hydrogens (tertiary/aromatic N) is 8. The van der Waals surface area contributed by atoms with Crippen LogP contribution in [0.1, 0.15) is 25.6 Å². The maximum atomic E-state index is 14.0. The summed E-state index contributed by atoms with van der Waals surface area (Å²) in [6, 6.07) is 14.8. The van der Waals surface area contributed by atoms with E-state index in [9.17, 15) is 4.79 Å². The summed E-state index contributed by atoms with van der Waals surface area (Å²) in [5.74, 6) is 1.70. The molecule has 3 N–H and O–H groups in total. The molecule has 6 aromatic rings. The van der Waals surface area contributed by atoms with Crippen molar-refractivity contribution < 1.29 is 0 Å². The van der Waals surface area contributed by atoms with Crippen LogP contribution in [0.2, 0.25) is 5.02 Å². The molecule has 5 aromatic heterocycles. The zero-order chi connectivity index (χ0) is 26.7. The molecule has 0 unspecified atom stereocenters. The zero-order valence-corrected chi connectivity index (χ0v) is 21.7. The molecule has 0 bridgehead atoms. The van der Waals surface area contributed by atoms with Gasteiger partial charge in [-0.3, -0.25) is 14.5 Å². The van der Waals surface area contributed by atoms with Crippen molar-refractivity contribution in [1.29, 1.82) is 0 Å². The highest BCUT2D eigenvalue weighted by Gasteiger charge is 2.44. The normalized spacial score (nSPS) is 17.4. The van der Waals surface area contributed by atoms with E-state index in [0.29, 0.717) is 51.6 Å². The van der Waals surface area contributed by atoms with Crippen molar-refractivity contribution in [3.63, 3.8) is 0 Å². The molecule has 194 valence electrons. The van der Waals surface area contributed by atoms with Crippen LogP contribution in [-0.4, -0.2) is 45.9 Å². The van der Waals surface area contributed by atoms with Gasteiger partial charge in [0.1, 0.15) is 29.2 Å². The average Bonchev–Trinajstić information content (AvgIpc) is 3.67. The second kappa shape index (κ2) is 8.63. The smallest absolute Gasteiger partial charge is 0.284 e. The van der Waals surface area contributed by atoms with E-state index in [4.69, 9.17) is 27.4 Å². The van der Waals surface area contributed by atoms with Gasteiger partial charge in [0, 0.05) is 24.5 Å². The lowest BCUT2D eigenvalue weighted by Gasteiger charge is -2.37. The molecule has 0 aliphatic carbocycles. The van der Waals surface area contributed by atoms with Crippen LogP contribution < -0.4 is 16.2 Å². The van der Waals surface area contributed by atoms with Gasteiger partial charge in [0.15, 0.2) is 11.5 Å². The Bertz CT molecular complexity index is 1910. The van der Waals surface area contributed by atoms with Gasteiger partial charge >= 0.3 is 0 Å². The highest BCUT2D eigenvalue weighted by atomic mass is 35.5. The first-order valence-corrected chi connectivity index (χ1v) is 12.9. The highest BCUT2D eigenvalue weighted by molar-refractivity contribution is 6.33. The standard InChI is InChI=1S/C27H23ClN10O/c1-27(26-35-37-13-10-18(28)22(37)25(39)38(26)17-6-3-2-4-7-17)11-5-12-36(27)24-20-21(16-8-9-19(29)30-14-16)33-34-23(20)31-15-32-24/h2-4,6-10,13-15H,5,11-12H2,1H3,(H2,29,30)(H,31,32,33,34)/t27-/m0/s1. The van der Waals surface area contributed by atoms with E-state index in [1.807, 2.05) is 36.4 Å². The van der Waals surface area contributed by atoms with Crippen molar-refractivity contribution in [2.75, 3.05) is 17.2 Å². The Hall–Kier alpha value is -4.77. The van der Waals surface area contributed by atoms with E-state index in [1.165, 1.54) is 6.33 Å². The third kappa shape index (κ3) is 3.50. The van der Waals surface area contributed by atoms with Gasteiger partial charge in [0.2, 0.25) is 0 Å². The van der Waals surface area contributed by atoms with E-state index >= 15 is 0 Å². The summed E-state index contributed by atoms with van der Waals surface area (Å²) in [5.41, 5.74) is 7.98. The maximum absolute atomic E-state index is 14.0. The molecule has 7 rings (SSSR count). The van der Waals surface area contributed by atoms with Crippen molar-refractivity contribution >= 4 is 39.8 Å². The number of pyridine rings is 1. The van der Waals surface area contributed by atoms with Gasteiger partial charge in [-0.1, -0.05) is 29.8 Å². The predicted molar refractivity (Wildman–Crippen MR) is 149 cm³/mol. The zero-order valence-electron chi connectivity index (χ0n) is 20.9. The van der Waals surface area contributed by atoms with Crippen LogP contribution in [0.25, 0.3) is 33.5 Å². The number of aromatic nitrogens is 8. The molecule has 0 saturated carbocycles. The summed E-state index contributed by atoms with van der Waals surface area (Å²) < 4.78 is 3.23. The Labute approximate surface area is 226 Å². The Balaban J connectivity index is 1.48. The number of hydrogen-bond donors (Lipinski definition) is 2. The monoisotopic (exact) mass is 538 g/mol. The van der Waals surface area contributed by atoms with Gasteiger partial charge in [-0.25, -0.2) is 19.5 Å². The fourth-order valence-corrected chi connectivity index (χ4v) is 5.76. The molecule has 1 aliphatic heterocycles. The van der Waals surface area contributed by atoms with Crippen LogP contribution in [0.15, 0.2) is 72.0 Å². The van der Waals surface area contributed by atoms with Gasteiger partial charge in [-0.15, -0.1) is 0 Å². The molecule has 39 heavy (non-hydrogen) atoms. The van der Waals surface area contributed by atoms with Crippen molar-refractivity contribution in [2.45, 2.75) is 25.3 Å². The number of nitrogens with two attached hydrogens (primary N) is 1. The molecule has 0 amide bonds. The van der Waals surface area contributed by atoms with Gasteiger partial charge in [0.05, 0.1) is 21.6 Å². The quantitative estimate of drug-likeness (QED) is 0.344. The topological polar surface area (TPSA) is 136 Å². The van der Waals surface area contributed by atoms with Gasteiger partial charge in [0.25, 0.3) is 5.56 Å². The van der Waals surface area contributed by atoms with Crippen molar-refractivity contribution in [2.24, 2.45) is 0 Å². The fourth-order valence-electron chi connectivity index (χ4n) is 5.53. The van der Waals surface area contributed by atoms with Crippen molar-refractivity contribution in [3.8, 4) is 16.9 Å². The molecule has 0 radical (unpaired) electrons. The Morgan fingerprint density at radius 1 is 1.08 bits per heavy atom. The number of rotatable bonds is 4. The van der Waals surface area contributed by atoms with Crippen LogP contribution in [0.5, 0.6) is 0 Å². The predicted octanol–water partition coefficient (Wildman–Crippen LogP) is 3.96. The van der Waals surface area contributed by atoms with Crippen LogP contribution in [-0.2, 0) is 5.54 Å². The van der Waals surface area contributed by atoms with E-state index in [1.54, 1.807) is 33.6 Å². The molecular weight excluding hydrogens is 516 g/mol. The molecule has 1 aromatic carbocycles. The molecule has 6 heterocycles. The minimum atomic E-state index is -0.699. The largest absolute Gasteiger partial charge is 0.384 e. The molecule has 1 fully saturated rings. The second-order valence-corrected chi connectivity index (χ2v) is 10.2. The van der Waals surface area contributed by atoms with Crippen LogP contribution in [0, 0.1) is 0 Å². The lowest BCUT2D eigenvalue weighted by molar-refractivity contribution is 0.433. The second-order valence-electron chi connectivity index (χ2n) is 9.75. The molecular formula is C27H23ClN10O. The minimum Gasteiger partial charge on any atom is -0.384 e. The van der Waals surface area contributed by atoms with Crippen LogP contribution in [0.4, 0.5) is 11.6 Å². The number of benzene rings is 1. The van der Waals surface area contributed by atoms with E-state index < -0.39 is 5.54 Å². The van der Waals surface area contributed by atoms with Crippen molar-refractivity contribution in [1.82, 2.24) is 39.3 Å². The molecule has 11 nitrogen and oxygen atoms in total. The number of nitrogens with one attached hydrogen (secondary N) is 1. The van der Waals surface area contributed by atoms with E-state index in [-0.39, 0.29) is 5.56 Å². The number of para-hydroxylation sites is 1. The number of fused-ring (bicyclic) bond motifs is 2. The average molecular weight is 539 g/mol. The first kappa shape index (κ1) is 23.4. The SMILES string of the molecule is C[C@@]1(c2nn3ccc(Cl)c3c(=O)n2-c2ccccc2)CCCN1c1ncnc2[nH]nc(-c3ccc(N)nc3)c12. The number of H-pyrrole nitrogens is 1. The fraction of sp³-hybridized carbons (Fsp3) is 0.185. The summed E-state index contributed by atoms with van der Waals surface area (Å²) in [6.07, 6.45) is 6.53. The summed E-state index contributed by atoms with van der Waals surface area (Å²) >= 11 is 6.42. The molecule has 12 heteroatoms. The Kier molecular flexibility index (Phi) is 5.17.